The zero-order valence-corrected chi connectivity index (χ0v) is 10.1. The first-order valence-electron chi connectivity index (χ1n) is 6.02. The van der Waals surface area contributed by atoms with Gasteiger partial charge in [0.05, 0.1) is 12.5 Å². The molecule has 1 amide bonds. The summed E-state index contributed by atoms with van der Waals surface area (Å²) < 4.78 is 12.9. The number of phenolic OH excluding ortho intramolecular Hbond substituents is 1. The molecular weight excluding hydrogens is 245 g/mol. The number of phenols is 1. The Morgan fingerprint density at radius 3 is 2.42 bits per heavy atom. The summed E-state index contributed by atoms with van der Waals surface area (Å²) in [6.07, 6.45) is 0.356. The van der Waals surface area contributed by atoms with Crippen molar-refractivity contribution in [2.24, 2.45) is 0 Å². The molecular formula is C15H12FNO2. The van der Waals surface area contributed by atoms with Gasteiger partial charge in [0, 0.05) is 11.3 Å². The average molecular weight is 257 g/mol. The molecule has 1 aliphatic rings. The molecule has 0 unspecified atom stereocenters. The lowest BCUT2D eigenvalue weighted by molar-refractivity contribution is -0.124. The fraction of sp³-hybridized carbons (Fsp3) is 0.133. The van der Waals surface area contributed by atoms with Crippen LogP contribution in [-0.4, -0.2) is 11.0 Å². The van der Waals surface area contributed by atoms with Gasteiger partial charge in [0.2, 0.25) is 5.91 Å². The van der Waals surface area contributed by atoms with Crippen LogP contribution in [0.5, 0.6) is 5.75 Å². The van der Waals surface area contributed by atoms with E-state index >= 15 is 0 Å². The maximum absolute atomic E-state index is 12.9. The molecule has 2 aromatic carbocycles. The zero-order chi connectivity index (χ0) is 13.4. The second kappa shape index (κ2) is 4.39. The second-order valence-electron chi connectivity index (χ2n) is 4.52. The van der Waals surface area contributed by atoms with Crippen molar-refractivity contribution in [3.8, 4) is 5.75 Å². The highest BCUT2D eigenvalue weighted by Crippen LogP contribution is 2.41. The Kier molecular flexibility index (Phi) is 2.71. The van der Waals surface area contributed by atoms with Crippen molar-refractivity contribution >= 4 is 11.6 Å². The number of nitrogens with zero attached hydrogens (tertiary/aromatic N) is 1. The van der Waals surface area contributed by atoms with Crippen LogP contribution in [0, 0.1) is 5.82 Å². The van der Waals surface area contributed by atoms with Crippen molar-refractivity contribution in [3.05, 3.63) is 59.9 Å². The minimum atomic E-state index is -0.337. The van der Waals surface area contributed by atoms with Crippen LogP contribution < -0.4 is 4.90 Å². The lowest BCUT2D eigenvalue weighted by Crippen LogP contribution is -2.46. The topological polar surface area (TPSA) is 40.5 Å². The number of halogens is 1. The van der Waals surface area contributed by atoms with Gasteiger partial charge >= 0.3 is 0 Å². The molecule has 19 heavy (non-hydrogen) atoms. The molecule has 1 N–H and O–H groups in total. The van der Waals surface area contributed by atoms with E-state index in [4.69, 9.17) is 0 Å². The number of para-hydroxylation sites is 1. The molecule has 0 saturated carbocycles. The second-order valence-corrected chi connectivity index (χ2v) is 4.52. The maximum Gasteiger partial charge on any atom is 0.230 e. The van der Waals surface area contributed by atoms with Crippen LogP contribution in [0.4, 0.5) is 10.1 Å². The van der Waals surface area contributed by atoms with Crippen molar-refractivity contribution in [1.29, 1.82) is 0 Å². The van der Waals surface area contributed by atoms with Gasteiger partial charge in [0.1, 0.15) is 11.6 Å². The monoisotopic (exact) mass is 257 g/mol. The summed E-state index contributed by atoms with van der Waals surface area (Å²) in [4.78, 5) is 13.3. The van der Waals surface area contributed by atoms with E-state index in [1.165, 1.54) is 12.1 Å². The number of benzene rings is 2. The molecule has 1 saturated heterocycles. The van der Waals surface area contributed by atoms with E-state index in [1.807, 2.05) is 6.07 Å². The van der Waals surface area contributed by atoms with Gasteiger partial charge in [0.25, 0.3) is 0 Å². The van der Waals surface area contributed by atoms with Gasteiger partial charge in [-0.15, -0.1) is 0 Å². The largest absolute Gasteiger partial charge is 0.508 e. The molecule has 1 heterocycles. The van der Waals surface area contributed by atoms with Crippen molar-refractivity contribution in [2.75, 3.05) is 4.90 Å². The number of rotatable bonds is 2. The Hall–Kier alpha value is -2.36. The normalized spacial score (nSPS) is 18.3. The lowest BCUT2D eigenvalue weighted by Gasteiger charge is -2.40. The van der Waals surface area contributed by atoms with E-state index in [2.05, 4.69) is 0 Å². The number of amides is 1. The summed E-state index contributed by atoms with van der Waals surface area (Å²) in [6, 6.07) is 12.6. The fourth-order valence-electron chi connectivity index (χ4n) is 2.36. The maximum atomic E-state index is 12.9. The highest BCUT2D eigenvalue weighted by Gasteiger charge is 2.39. The summed E-state index contributed by atoms with van der Waals surface area (Å²) in [6.45, 7) is 0. The number of β-lactam (4-membered cyclic amide) rings is 1. The van der Waals surface area contributed by atoms with E-state index < -0.39 is 0 Å². The number of hydrogen-bond acceptors (Lipinski definition) is 2. The third-order valence-corrected chi connectivity index (χ3v) is 3.35. The minimum absolute atomic E-state index is 0.0279. The first-order valence-corrected chi connectivity index (χ1v) is 6.02. The smallest absolute Gasteiger partial charge is 0.230 e. The van der Waals surface area contributed by atoms with Gasteiger partial charge in [-0.1, -0.05) is 18.2 Å². The molecule has 4 heteroatoms. The number of carbonyl (C=O) groups excluding carboxylic acids is 1. The quantitative estimate of drug-likeness (QED) is 0.840. The molecule has 96 valence electrons. The van der Waals surface area contributed by atoms with E-state index in [1.54, 1.807) is 35.2 Å². The summed E-state index contributed by atoms with van der Waals surface area (Å²) in [5.41, 5.74) is 1.36. The number of carbonyl (C=O) groups is 1. The number of anilines is 1. The van der Waals surface area contributed by atoms with Crippen LogP contribution in [0.2, 0.25) is 0 Å². The van der Waals surface area contributed by atoms with Crippen LogP contribution in [0.15, 0.2) is 48.5 Å². The van der Waals surface area contributed by atoms with Gasteiger partial charge < -0.3 is 10.0 Å². The minimum Gasteiger partial charge on any atom is -0.508 e. The van der Waals surface area contributed by atoms with Crippen LogP contribution in [0.3, 0.4) is 0 Å². The Morgan fingerprint density at radius 2 is 1.79 bits per heavy atom. The zero-order valence-electron chi connectivity index (χ0n) is 10.1. The van der Waals surface area contributed by atoms with Gasteiger partial charge in [-0.05, 0) is 30.3 Å². The van der Waals surface area contributed by atoms with Crippen LogP contribution >= 0.6 is 0 Å². The Labute approximate surface area is 109 Å². The number of aromatic hydroxyl groups is 1. The molecule has 1 fully saturated rings. The first kappa shape index (κ1) is 11.7. The van der Waals surface area contributed by atoms with E-state index in [0.29, 0.717) is 17.7 Å². The molecule has 2 aromatic rings. The third-order valence-electron chi connectivity index (χ3n) is 3.35. The predicted octanol–water partition coefficient (Wildman–Crippen LogP) is 3.01. The molecule has 0 aromatic heterocycles. The van der Waals surface area contributed by atoms with Gasteiger partial charge in [-0.2, -0.15) is 0 Å². The summed E-state index contributed by atoms with van der Waals surface area (Å²) in [7, 11) is 0. The van der Waals surface area contributed by atoms with Crippen molar-refractivity contribution in [3.63, 3.8) is 0 Å². The van der Waals surface area contributed by atoms with Crippen LogP contribution in [0.25, 0.3) is 0 Å². The SMILES string of the molecule is O=C1C[C@@H](c2ccccc2O)N1c1ccc(F)cc1. The molecule has 0 aliphatic carbocycles. The Morgan fingerprint density at radius 1 is 1.11 bits per heavy atom. The Balaban J connectivity index is 1.95. The van der Waals surface area contributed by atoms with E-state index in [9.17, 15) is 14.3 Å². The molecule has 0 radical (unpaired) electrons. The predicted molar refractivity (Wildman–Crippen MR) is 69.4 cm³/mol. The summed E-state index contributed by atoms with van der Waals surface area (Å²) >= 11 is 0. The standard InChI is InChI=1S/C15H12FNO2/c16-10-5-7-11(8-6-10)17-13(9-15(17)19)12-3-1-2-4-14(12)18/h1-8,13,18H,9H2/t13-/m0/s1. The number of hydrogen-bond donors (Lipinski definition) is 1. The summed E-state index contributed by atoms with van der Waals surface area (Å²) in [5.74, 6) is -0.192. The fourth-order valence-corrected chi connectivity index (χ4v) is 2.36. The first-order chi connectivity index (χ1) is 9.16. The van der Waals surface area contributed by atoms with E-state index in [-0.39, 0.29) is 23.5 Å². The van der Waals surface area contributed by atoms with Crippen LogP contribution in [-0.2, 0) is 4.79 Å². The highest BCUT2D eigenvalue weighted by molar-refractivity contribution is 6.01. The van der Waals surface area contributed by atoms with Crippen molar-refractivity contribution in [1.82, 2.24) is 0 Å². The molecule has 0 spiro atoms. The molecule has 0 bridgehead atoms. The highest BCUT2D eigenvalue weighted by atomic mass is 19.1. The third kappa shape index (κ3) is 1.95. The molecule has 3 nitrogen and oxygen atoms in total. The molecule has 1 atom stereocenters. The van der Waals surface area contributed by atoms with E-state index in [0.717, 1.165) is 0 Å². The van der Waals surface area contributed by atoms with Crippen molar-refractivity contribution in [2.45, 2.75) is 12.5 Å². The Bertz CT molecular complexity index is 624. The summed E-state index contributed by atoms with van der Waals surface area (Å²) in [5, 5.41) is 9.84. The van der Waals surface area contributed by atoms with Gasteiger partial charge in [-0.3, -0.25) is 4.79 Å². The average Bonchev–Trinajstić information content (AvgIpc) is 2.39. The molecule has 1 aliphatic heterocycles. The van der Waals surface area contributed by atoms with Gasteiger partial charge in [-0.25, -0.2) is 4.39 Å². The van der Waals surface area contributed by atoms with Crippen LogP contribution in [0.1, 0.15) is 18.0 Å². The van der Waals surface area contributed by atoms with Crippen molar-refractivity contribution < 1.29 is 14.3 Å². The van der Waals surface area contributed by atoms with Gasteiger partial charge in [0.15, 0.2) is 0 Å². The lowest BCUT2D eigenvalue weighted by atomic mass is 9.92. The molecule has 3 rings (SSSR count).